The number of carbonyl (C=O) groups is 1. The van der Waals surface area contributed by atoms with Crippen molar-refractivity contribution in [3.63, 3.8) is 0 Å². The van der Waals surface area contributed by atoms with Crippen LogP contribution in [-0.4, -0.2) is 24.6 Å². The molecule has 0 spiro atoms. The highest BCUT2D eigenvalue weighted by molar-refractivity contribution is 7.18. The third kappa shape index (κ3) is 3.70. The van der Waals surface area contributed by atoms with Gasteiger partial charge in [-0.25, -0.2) is 4.98 Å². The zero-order valence-corrected chi connectivity index (χ0v) is 12.2. The van der Waals surface area contributed by atoms with E-state index in [-0.39, 0.29) is 13.2 Å². The summed E-state index contributed by atoms with van der Waals surface area (Å²) in [4.78, 5) is 15.6. The Hall–Kier alpha value is -1.67. The van der Waals surface area contributed by atoms with Gasteiger partial charge in [-0.05, 0) is 24.6 Å². The van der Waals surface area contributed by atoms with E-state index >= 15 is 0 Å². The second kappa shape index (κ2) is 5.98. The summed E-state index contributed by atoms with van der Waals surface area (Å²) in [5, 5.41) is 3.19. The molecule has 1 aromatic heterocycles. The topological polar surface area (TPSA) is 51.2 Å². The third-order valence-electron chi connectivity index (χ3n) is 2.76. The summed E-state index contributed by atoms with van der Waals surface area (Å²) in [6, 6.07) is 2.11. The number of alkyl halides is 3. The number of rotatable bonds is 4. The van der Waals surface area contributed by atoms with Crippen LogP contribution in [-0.2, 0) is 22.3 Å². The normalized spacial score (nSPS) is 11.9. The molecule has 8 heteroatoms. The Labute approximate surface area is 122 Å². The van der Waals surface area contributed by atoms with Gasteiger partial charge in [-0.15, -0.1) is 11.3 Å². The molecule has 2 aromatic rings. The number of amides is 1. The second-order valence-corrected chi connectivity index (χ2v) is 5.66. The fourth-order valence-corrected chi connectivity index (χ4v) is 2.80. The quantitative estimate of drug-likeness (QED) is 0.943. The lowest BCUT2D eigenvalue weighted by molar-refractivity contribution is -0.137. The summed E-state index contributed by atoms with van der Waals surface area (Å²) in [5.41, 5.74) is 0.0893. The summed E-state index contributed by atoms with van der Waals surface area (Å²) < 4.78 is 43.8. The molecule has 1 aromatic carbocycles. The summed E-state index contributed by atoms with van der Waals surface area (Å²) in [7, 11) is 1.37. The minimum atomic E-state index is -4.43. The van der Waals surface area contributed by atoms with Crippen molar-refractivity contribution in [2.24, 2.45) is 0 Å². The molecule has 0 aliphatic rings. The number of aromatic nitrogens is 1. The molecule has 1 N–H and O–H groups in total. The van der Waals surface area contributed by atoms with Crippen LogP contribution in [0.3, 0.4) is 0 Å². The summed E-state index contributed by atoms with van der Waals surface area (Å²) in [5.74, 6) is -0.394. The fraction of sp³-hybridized carbons (Fsp3) is 0.385. The fourth-order valence-electron chi connectivity index (χ4n) is 1.88. The number of benzene rings is 1. The lowest BCUT2D eigenvalue weighted by atomic mass is 10.1. The summed E-state index contributed by atoms with van der Waals surface area (Å²) >= 11 is 1.19. The lowest BCUT2D eigenvalue weighted by Gasteiger charge is -2.10. The molecule has 0 fully saturated rings. The van der Waals surface area contributed by atoms with Crippen LogP contribution >= 0.6 is 11.3 Å². The number of nitrogens with one attached hydrogen (secondary N) is 1. The van der Waals surface area contributed by atoms with Crippen LogP contribution in [0.2, 0.25) is 0 Å². The van der Waals surface area contributed by atoms with Gasteiger partial charge in [0.2, 0.25) is 5.91 Å². The van der Waals surface area contributed by atoms with Gasteiger partial charge >= 0.3 is 6.18 Å². The van der Waals surface area contributed by atoms with E-state index in [1.54, 1.807) is 6.92 Å². The number of hydrogen-bond donors (Lipinski definition) is 1. The van der Waals surface area contributed by atoms with E-state index in [1.165, 1.54) is 18.4 Å². The number of thiazole rings is 1. The maximum absolute atomic E-state index is 12.9. The van der Waals surface area contributed by atoms with Gasteiger partial charge in [0.1, 0.15) is 6.61 Å². The minimum absolute atomic E-state index is 0.0220. The first-order chi connectivity index (χ1) is 9.81. The molecule has 0 saturated heterocycles. The average molecular weight is 318 g/mol. The maximum Gasteiger partial charge on any atom is 0.416 e. The van der Waals surface area contributed by atoms with Crippen molar-refractivity contribution in [3.05, 3.63) is 28.3 Å². The minimum Gasteiger partial charge on any atom is -0.375 e. The Morgan fingerprint density at radius 1 is 1.43 bits per heavy atom. The van der Waals surface area contributed by atoms with Crippen molar-refractivity contribution >= 4 is 27.5 Å². The van der Waals surface area contributed by atoms with Gasteiger partial charge in [0.15, 0.2) is 0 Å². The first-order valence-electron chi connectivity index (χ1n) is 6.04. The van der Waals surface area contributed by atoms with E-state index in [2.05, 4.69) is 15.0 Å². The molecule has 0 radical (unpaired) electrons. The number of nitrogens with zero attached hydrogens (tertiary/aromatic N) is 1. The Morgan fingerprint density at radius 3 is 2.76 bits per heavy atom. The third-order valence-corrected chi connectivity index (χ3v) is 3.68. The van der Waals surface area contributed by atoms with Crippen LogP contribution < -0.4 is 5.32 Å². The molecule has 0 unspecified atom stereocenters. The molecule has 21 heavy (non-hydrogen) atoms. The highest BCUT2D eigenvalue weighted by Gasteiger charge is 2.31. The number of carbonyl (C=O) groups excluding carboxylic acids is 1. The number of ether oxygens (including phenoxy) is 1. The number of fused-ring (bicyclic) bond motifs is 1. The smallest absolute Gasteiger partial charge is 0.375 e. The van der Waals surface area contributed by atoms with Crippen molar-refractivity contribution < 1.29 is 22.7 Å². The van der Waals surface area contributed by atoms with Crippen molar-refractivity contribution in [2.45, 2.75) is 19.6 Å². The van der Waals surface area contributed by atoms with Crippen LogP contribution in [0.4, 0.5) is 13.2 Å². The van der Waals surface area contributed by atoms with E-state index in [0.29, 0.717) is 20.8 Å². The van der Waals surface area contributed by atoms with Gasteiger partial charge < -0.3 is 10.1 Å². The average Bonchev–Trinajstić information content (AvgIpc) is 2.75. The molecule has 0 aliphatic heterocycles. The Kier molecular flexibility index (Phi) is 4.48. The molecule has 0 bridgehead atoms. The van der Waals surface area contributed by atoms with Gasteiger partial charge in [0.05, 0.1) is 20.8 Å². The zero-order valence-electron chi connectivity index (χ0n) is 11.4. The Bertz CT molecular complexity index is 667. The molecule has 2 rings (SSSR count). The molecular formula is C13H13F3N2O2S. The van der Waals surface area contributed by atoms with E-state index in [1.807, 2.05) is 0 Å². The van der Waals surface area contributed by atoms with Crippen LogP contribution in [0.5, 0.6) is 0 Å². The molecule has 0 atom stereocenters. The van der Waals surface area contributed by atoms with Crippen molar-refractivity contribution in [3.8, 4) is 0 Å². The van der Waals surface area contributed by atoms with Gasteiger partial charge in [0, 0.05) is 13.7 Å². The van der Waals surface area contributed by atoms with Crippen molar-refractivity contribution in [1.29, 1.82) is 0 Å². The maximum atomic E-state index is 12.9. The molecule has 4 nitrogen and oxygen atoms in total. The standard InChI is InChI=1S/C13H13F3N2O2S/c1-7-18-12-8(5-17-11(19)6-20-2)3-9(13(14,15)16)4-10(12)21-7/h3-4H,5-6H2,1-2H3,(H,17,19). The SMILES string of the molecule is COCC(=O)NCc1cc(C(F)(F)F)cc2sc(C)nc12. The van der Waals surface area contributed by atoms with E-state index in [0.717, 1.165) is 12.1 Å². The molecular weight excluding hydrogens is 305 g/mol. The van der Waals surface area contributed by atoms with Crippen LogP contribution in [0.25, 0.3) is 10.2 Å². The Morgan fingerprint density at radius 2 is 2.14 bits per heavy atom. The van der Waals surface area contributed by atoms with E-state index in [4.69, 9.17) is 0 Å². The molecule has 1 amide bonds. The Balaban J connectivity index is 2.37. The van der Waals surface area contributed by atoms with Crippen LogP contribution in [0.15, 0.2) is 12.1 Å². The van der Waals surface area contributed by atoms with E-state index in [9.17, 15) is 18.0 Å². The number of aryl methyl sites for hydroxylation is 1. The zero-order chi connectivity index (χ0) is 15.6. The lowest BCUT2D eigenvalue weighted by Crippen LogP contribution is -2.26. The van der Waals surface area contributed by atoms with Crippen LogP contribution in [0.1, 0.15) is 16.1 Å². The number of hydrogen-bond acceptors (Lipinski definition) is 4. The first kappa shape index (κ1) is 15.7. The summed E-state index contributed by atoms with van der Waals surface area (Å²) in [6.45, 7) is 1.56. The van der Waals surface area contributed by atoms with Gasteiger partial charge in [-0.2, -0.15) is 13.2 Å². The molecule has 114 valence electrons. The molecule has 0 aliphatic carbocycles. The molecule has 0 saturated carbocycles. The monoisotopic (exact) mass is 318 g/mol. The predicted octanol–water partition coefficient (Wildman–Crippen LogP) is 2.89. The number of halogens is 3. The van der Waals surface area contributed by atoms with Crippen LogP contribution in [0, 0.1) is 6.92 Å². The van der Waals surface area contributed by atoms with Gasteiger partial charge in [-0.1, -0.05) is 0 Å². The molecule has 1 heterocycles. The van der Waals surface area contributed by atoms with Crippen molar-refractivity contribution in [1.82, 2.24) is 10.3 Å². The van der Waals surface area contributed by atoms with Crippen molar-refractivity contribution in [2.75, 3.05) is 13.7 Å². The highest BCUT2D eigenvalue weighted by Crippen LogP contribution is 2.35. The predicted molar refractivity (Wildman–Crippen MR) is 73.1 cm³/mol. The van der Waals surface area contributed by atoms with Gasteiger partial charge in [-0.3, -0.25) is 4.79 Å². The number of methoxy groups -OCH3 is 1. The van der Waals surface area contributed by atoms with Gasteiger partial charge in [0.25, 0.3) is 0 Å². The summed E-state index contributed by atoms with van der Waals surface area (Å²) in [6.07, 6.45) is -4.43. The highest BCUT2D eigenvalue weighted by atomic mass is 32.1. The first-order valence-corrected chi connectivity index (χ1v) is 6.86. The largest absolute Gasteiger partial charge is 0.416 e. The van der Waals surface area contributed by atoms with E-state index < -0.39 is 17.6 Å². The second-order valence-electron chi connectivity index (χ2n) is 4.42.